The first kappa shape index (κ1) is 24.5. The van der Waals surface area contributed by atoms with Gasteiger partial charge in [0.1, 0.15) is 17.3 Å². The average Bonchev–Trinajstić information content (AvgIpc) is 3.38. The second-order valence-electron chi connectivity index (χ2n) is 8.80. The van der Waals surface area contributed by atoms with Crippen LogP contribution in [0.3, 0.4) is 0 Å². The number of nitrogens with zero attached hydrogens (tertiary/aromatic N) is 2. The molecule has 2 heterocycles. The predicted molar refractivity (Wildman–Crippen MR) is 130 cm³/mol. The van der Waals surface area contributed by atoms with Gasteiger partial charge in [-0.15, -0.1) is 0 Å². The van der Waals surface area contributed by atoms with Crippen LogP contribution in [-0.4, -0.2) is 41.3 Å². The molecule has 0 N–H and O–H groups in total. The van der Waals surface area contributed by atoms with Crippen molar-refractivity contribution >= 4 is 11.8 Å². The third-order valence-corrected chi connectivity index (χ3v) is 6.41. The summed E-state index contributed by atoms with van der Waals surface area (Å²) in [4.78, 5) is 29.2. The Labute approximate surface area is 205 Å². The third kappa shape index (κ3) is 5.39. The Hall–Kier alpha value is -3.61. The molecular weight excluding hydrogens is 447 g/mol. The fraction of sp³-hybridized carbons (Fsp3) is 0.357. The van der Waals surface area contributed by atoms with E-state index in [9.17, 15) is 14.0 Å². The lowest BCUT2D eigenvalue weighted by Gasteiger charge is -2.38. The van der Waals surface area contributed by atoms with Gasteiger partial charge in [0.15, 0.2) is 6.10 Å². The van der Waals surface area contributed by atoms with E-state index < -0.39 is 12.1 Å². The Balaban J connectivity index is 1.62. The maximum Gasteiger partial charge on any atom is 0.263 e. The van der Waals surface area contributed by atoms with E-state index in [-0.39, 0.29) is 17.6 Å². The molecule has 0 unspecified atom stereocenters. The topological polar surface area (TPSA) is 63.0 Å². The highest BCUT2D eigenvalue weighted by Gasteiger charge is 2.32. The first-order valence-electron chi connectivity index (χ1n) is 12.0. The number of fused-ring (bicyclic) bond motifs is 1. The van der Waals surface area contributed by atoms with Gasteiger partial charge in [0.25, 0.3) is 5.91 Å². The number of rotatable bonds is 8. The van der Waals surface area contributed by atoms with Crippen LogP contribution in [0.1, 0.15) is 55.2 Å². The Morgan fingerprint density at radius 1 is 1.17 bits per heavy atom. The van der Waals surface area contributed by atoms with Crippen LogP contribution in [-0.2, 0) is 22.6 Å². The summed E-state index contributed by atoms with van der Waals surface area (Å²) in [5.74, 6) is 0.760. The summed E-state index contributed by atoms with van der Waals surface area (Å²) in [7, 11) is 1.72. The molecular formula is C28H31FN2O4. The number of carbonyl (C=O) groups excluding carboxylic acids is 2. The fourth-order valence-corrected chi connectivity index (χ4v) is 4.61. The van der Waals surface area contributed by atoms with E-state index >= 15 is 0 Å². The number of halogens is 1. The van der Waals surface area contributed by atoms with E-state index in [0.29, 0.717) is 49.4 Å². The van der Waals surface area contributed by atoms with Crippen LogP contribution in [0.25, 0.3) is 0 Å². The molecule has 2 atom stereocenters. The van der Waals surface area contributed by atoms with E-state index in [4.69, 9.17) is 9.15 Å². The summed E-state index contributed by atoms with van der Waals surface area (Å²) < 4.78 is 25.6. The molecule has 1 aromatic heterocycles. The van der Waals surface area contributed by atoms with E-state index in [1.54, 1.807) is 35.2 Å². The van der Waals surface area contributed by atoms with Crippen LogP contribution in [0.4, 0.5) is 4.39 Å². The Kier molecular flexibility index (Phi) is 7.54. The number of carbonyl (C=O) groups is 2. The van der Waals surface area contributed by atoms with Crippen molar-refractivity contribution in [2.75, 3.05) is 13.6 Å². The van der Waals surface area contributed by atoms with Crippen LogP contribution in [0.5, 0.6) is 5.75 Å². The lowest BCUT2D eigenvalue weighted by molar-refractivity contribution is -0.138. The van der Waals surface area contributed by atoms with E-state index in [1.807, 2.05) is 44.2 Å². The molecule has 2 aromatic carbocycles. The third-order valence-electron chi connectivity index (χ3n) is 6.41. The van der Waals surface area contributed by atoms with E-state index in [1.165, 1.54) is 12.1 Å². The molecule has 6 nitrogen and oxygen atoms in total. The van der Waals surface area contributed by atoms with Gasteiger partial charge in [-0.2, -0.15) is 0 Å². The summed E-state index contributed by atoms with van der Waals surface area (Å²) in [6.07, 6.45) is 2.47. The van der Waals surface area contributed by atoms with Gasteiger partial charge in [0, 0.05) is 20.0 Å². The van der Waals surface area contributed by atoms with Crippen LogP contribution < -0.4 is 4.74 Å². The molecule has 1 aliphatic heterocycles. The average molecular weight is 479 g/mol. The molecule has 1 aliphatic rings. The SMILES string of the molecule is CCC(=O)N1CCc2ccc(O[C@H](CC)C(=O)N(C)Cc3ccco3)cc2[C@@H]1c1cccc(F)c1. The van der Waals surface area contributed by atoms with Crippen molar-refractivity contribution in [2.45, 2.75) is 51.8 Å². The van der Waals surface area contributed by atoms with Gasteiger partial charge in [0.05, 0.1) is 18.8 Å². The fourth-order valence-electron chi connectivity index (χ4n) is 4.61. The number of likely N-dealkylation sites (N-methyl/N-ethyl adjacent to an activating group) is 1. The Bertz CT molecular complexity index is 1180. The largest absolute Gasteiger partial charge is 0.481 e. The van der Waals surface area contributed by atoms with Crippen molar-refractivity contribution in [1.29, 1.82) is 0 Å². The van der Waals surface area contributed by atoms with Crippen molar-refractivity contribution < 1.29 is 23.1 Å². The summed E-state index contributed by atoms with van der Waals surface area (Å²) in [5.41, 5.74) is 2.69. The monoisotopic (exact) mass is 478 g/mol. The minimum Gasteiger partial charge on any atom is -0.481 e. The zero-order valence-electron chi connectivity index (χ0n) is 20.4. The minimum atomic E-state index is -0.669. The number of furan rings is 1. The van der Waals surface area contributed by atoms with Gasteiger partial charge in [0.2, 0.25) is 5.91 Å². The minimum absolute atomic E-state index is 0.0115. The number of ether oxygens (including phenoxy) is 1. The van der Waals surface area contributed by atoms with Gasteiger partial charge in [-0.1, -0.05) is 32.0 Å². The lowest BCUT2D eigenvalue weighted by Crippen LogP contribution is -2.40. The first-order valence-corrected chi connectivity index (χ1v) is 12.0. The van der Waals surface area contributed by atoms with Gasteiger partial charge in [-0.25, -0.2) is 4.39 Å². The maximum absolute atomic E-state index is 14.1. The van der Waals surface area contributed by atoms with Crippen molar-refractivity contribution in [2.24, 2.45) is 0 Å². The van der Waals surface area contributed by atoms with Gasteiger partial charge in [-0.05, 0) is 65.9 Å². The molecule has 3 aromatic rings. The molecule has 35 heavy (non-hydrogen) atoms. The van der Waals surface area contributed by atoms with Crippen LogP contribution in [0, 0.1) is 5.82 Å². The smallest absolute Gasteiger partial charge is 0.263 e. The van der Waals surface area contributed by atoms with E-state index in [2.05, 4.69) is 0 Å². The lowest BCUT2D eigenvalue weighted by atomic mass is 9.87. The van der Waals surface area contributed by atoms with Gasteiger partial charge < -0.3 is 19.0 Å². The van der Waals surface area contributed by atoms with Gasteiger partial charge in [-0.3, -0.25) is 9.59 Å². The normalized spacial score (nSPS) is 15.9. The Morgan fingerprint density at radius 3 is 2.69 bits per heavy atom. The molecule has 0 radical (unpaired) electrons. The molecule has 4 rings (SSSR count). The zero-order valence-corrected chi connectivity index (χ0v) is 20.4. The van der Waals surface area contributed by atoms with Crippen LogP contribution in [0.15, 0.2) is 65.3 Å². The number of hydrogen-bond donors (Lipinski definition) is 0. The summed E-state index contributed by atoms with van der Waals surface area (Å²) in [6.45, 7) is 4.65. The molecule has 0 spiro atoms. The van der Waals surface area contributed by atoms with Crippen molar-refractivity contribution in [3.05, 3.63) is 89.1 Å². The van der Waals surface area contributed by atoms with Crippen LogP contribution in [0.2, 0.25) is 0 Å². The molecule has 0 aliphatic carbocycles. The summed E-state index contributed by atoms with van der Waals surface area (Å²) >= 11 is 0. The molecule has 0 bridgehead atoms. The molecule has 0 saturated carbocycles. The van der Waals surface area contributed by atoms with E-state index in [0.717, 1.165) is 11.1 Å². The number of benzene rings is 2. The summed E-state index contributed by atoms with van der Waals surface area (Å²) in [5, 5.41) is 0. The number of amides is 2. The van der Waals surface area contributed by atoms with Crippen molar-refractivity contribution in [1.82, 2.24) is 9.80 Å². The summed E-state index contributed by atoms with van der Waals surface area (Å²) in [6, 6.07) is 15.3. The molecule has 0 saturated heterocycles. The van der Waals surface area contributed by atoms with Crippen molar-refractivity contribution in [3.63, 3.8) is 0 Å². The number of hydrogen-bond acceptors (Lipinski definition) is 4. The highest BCUT2D eigenvalue weighted by molar-refractivity contribution is 5.81. The molecule has 7 heteroatoms. The molecule has 2 amide bonds. The molecule has 0 fully saturated rings. The first-order chi connectivity index (χ1) is 16.9. The van der Waals surface area contributed by atoms with Crippen LogP contribution >= 0.6 is 0 Å². The predicted octanol–water partition coefficient (Wildman–Crippen LogP) is 5.12. The quantitative estimate of drug-likeness (QED) is 0.451. The Morgan fingerprint density at radius 2 is 2.00 bits per heavy atom. The standard InChI is InChI=1S/C28H31FN2O4/c1-4-25(28(33)30(3)18-23-10-7-15-34-23)35-22-12-11-19-13-14-31(26(32)5-2)27(24(19)17-22)20-8-6-9-21(29)16-20/h6-12,15-17,25,27H,4-5,13-14,18H2,1-3H3/t25-,27+/m1/s1. The second kappa shape index (κ2) is 10.8. The zero-order chi connectivity index (χ0) is 24.9. The maximum atomic E-state index is 14.1. The highest BCUT2D eigenvalue weighted by atomic mass is 19.1. The molecule has 184 valence electrons. The second-order valence-corrected chi connectivity index (χ2v) is 8.80. The van der Waals surface area contributed by atoms with Crippen molar-refractivity contribution in [3.8, 4) is 5.75 Å². The van der Waals surface area contributed by atoms with Gasteiger partial charge >= 0.3 is 0 Å². The highest BCUT2D eigenvalue weighted by Crippen LogP contribution is 2.38.